The largest absolute Gasteiger partial charge is 0.324 e. The fourth-order valence-electron chi connectivity index (χ4n) is 2.19. The number of halogens is 1. The van der Waals surface area contributed by atoms with Crippen molar-refractivity contribution in [1.29, 1.82) is 0 Å². The summed E-state index contributed by atoms with van der Waals surface area (Å²) in [6.07, 6.45) is 2.92. The first-order valence-electron chi connectivity index (χ1n) is 6.37. The van der Waals surface area contributed by atoms with Gasteiger partial charge in [-0.05, 0) is 32.4 Å². The quantitative estimate of drug-likeness (QED) is 0.663. The zero-order valence-electron chi connectivity index (χ0n) is 11.2. The molecule has 1 aromatic carbocycles. The number of hydrogen-bond acceptors (Lipinski definition) is 4. The summed E-state index contributed by atoms with van der Waals surface area (Å²) < 4.78 is 0. The molecule has 1 aromatic rings. The first-order valence-corrected chi connectivity index (χ1v) is 6.37. The molecule has 0 radical (unpaired) electrons. The van der Waals surface area contributed by atoms with Gasteiger partial charge in [0, 0.05) is 17.3 Å². The highest BCUT2D eigenvalue weighted by atomic mass is 35.5. The van der Waals surface area contributed by atoms with Gasteiger partial charge in [-0.1, -0.05) is 12.5 Å². The van der Waals surface area contributed by atoms with Gasteiger partial charge in [-0.15, -0.1) is 12.4 Å². The van der Waals surface area contributed by atoms with Crippen molar-refractivity contribution < 1.29 is 9.72 Å². The Hall–Kier alpha value is -1.66. The monoisotopic (exact) mass is 299 g/mol. The number of benzene rings is 1. The predicted octanol–water partition coefficient (Wildman–Crippen LogP) is 2.41. The lowest BCUT2D eigenvalue weighted by Gasteiger charge is -2.22. The van der Waals surface area contributed by atoms with Crippen LogP contribution in [0.1, 0.15) is 24.8 Å². The van der Waals surface area contributed by atoms with Crippen LogP contribution in [0.2, 0.25) is 0 Å². The van der Waals surface area contributed by atoms with Crippen molar-refractivity contribution in [1.82, 2.24) is 5.32 Å². The molecule has 110 valence electrons. The molecule has 1 heterocycles. The third kappa shape index (κ3) is 3.91. The molecule has 20 heavy (non-hydrogen) atoms. The van der Waals surface area contributed by atoms with E-state index in [0.29, 0.717) is 11.3 Å². The Labute approximate surface area is 123 Å². The number of aryl methyl sites for hydroxylation is 1. The van der Waals surface area contributed by atoms with E-state index in [9.17, 15) is 14.9 Å². The van der Waals surface area contributed by atoms with Crippen LogP contribution in [0.3, 0.4) is 0 Å². The summed E-state index contributed by atoms with van der Waals surface area (Å²) >= 11 is 0. The van der Waals surface area contributed by atoms with Crippen molar-refractivity contribution in [2.24, 2.45) is 0 Å². The molecule has 0 bridgehead atoms. The summed E-state index contributed by atoms with van der Waals surface area (Å²) in [4.78, 5) is 22.4. The zero-order valence-corrected chi connectivity index (χ0v) is 12.0. The zero-order chi connectivity index (χ0) is 13.8. The fraction of sp³-hybridized carbons (Fsp3) is 0.462. The van der Waals surface area contributed by atoms with Gasteiger partial charge in [0.1, 0.15) is 0 Å². The summed E-state index contributed by atoms with van der Waals surface area (Å²) in [6, 6.07) is 4.52. The number of hydrogen-bond donors (Lipinski definition) is 2. The number of piperidine rings is 1. The van der Waals surface area contributed by atoms with E-state index in [1.54, 1.807) is 19.1 Å². The molecule has 7 heteroatoms. The van der Waals surface area contributed by atoms with E-state index in [0.717, 1.165) is 25.8 Å². The number of rotatable bonds is 3. The van der Waals surface area contributed by atoms with E-state index in [1.165, 1.54) is 6.07 Å². The molecule has 0 spiro atoms. The van der Waals surface area contributed by atoms with Gasteiger partial charge in [0.25, 0.3) is 5.69 Å². The third-order valence-corrected chi connectivity index (χ3v) is 3.30. The van der Waals surface area contributed by atoms with Crippen LogP contribution >= 0.6 is 12.4 Å². The Morgan fingerprint density at radius 2 is 2.20 bits per heavy atom. The van der Waals surface area contributed by atoms with Gasteiger partial charge in [0.2, 0.25) is 5.91 Å². The minimum absolute atomic E-state index is 0. The number of nitro benzene ring substituents is 1. The molecular weight excluding hydrogens is 282 g/mol. The normalized spacial score (nSPS) is 17.9. The maximum absolute atomic E-state index is 12.0. The fourth-order valence-corrected chi connectivity index (χ4v) is 2.19. The van der Waals surface area contributed by atoms with Crippen LogP contribution in [0.4, 0.5) is 11.4 Å². The lowest BCUT2D eigenvalue weighted by molar-refractivity contribution is -0.385. The van der Waals surface area contributed by atoms with E-state index >= 15 is 0 Å². The predicted molar refractivity (Wildman–Crippen MR) is 79.4 cm³/mol. The summed E-state index contributed by atoms with van der Waals surface area (Å²) in [6.45, 7) is 2.51. The van der Waals surface area contributed by atoms with Crippen LogP contribution in [0.25, 0.3) is 0 Å². The Morgan fingerprint density at radius 3 is 2.80 bits per heavy atom. The number of nitrogens with zero attached hydrogens (tertiary/aromatic N) is 1. The van der Waals surface area contributed by atoms with Gasteiger partial charge < -0.3 is 10.6 Å². The van der Waals surface area contributed by atoms with Crippen molar-refractivity contribution in [3.8, 4) is 0 Å². The molecule has 2 N–H and O–H groups in total. The third-order valence-electron chi connectivity index (χ3n) is 3.30. The molecule has 1 amide bonds. The lowest BCUT2D eigenvalue weighted by Crippen LogP contribution is -2.43. The molecule has 0 unspecified atom stereocenters. The average molecular weight is 300 g/mol. The average Bonchev–Trinajstić information content (AvgIpc) is 2.41. The molecule has 6 nitrogen and oxygen atoms in total. The van der Waals surface area contributed by atoms with Crippen LogP contribution in [0.15, 0.2) is 18.2 Å². The standard InChI is InChI=1S/C13H17N3O3.ClH/c1-9-5-6-10(8-12(9)16(18)19)15-13(17)11-4-2-3-7-14-11;/h5-6,8,11,14H,2-4,7H2,1H3,(H,15,17);1H/t11-;/m0./s1. The number of nitro groups is 1. The van der Waals surface area contributed by atoms with Gasteiger partial charge in [0.05, 0.1) is 11.0 Å². The van der Waals surface area contributed by atoms with Crippen molar-refractivity contribution in [3.63, 3.8) is 0 Å². The topological polar surface area (TPSA) is 84.3 Å². The molecule has 1 aliphatic heterocycles. The first kappa shape index (κ1) is 16.4. The number of carbonyl (C=O) groups is 1. The number of anilines is 1. The van der Waals surface area contributed by atoms with E-state index in [1.807, 2.05) is 0 Å². The summed E-state index contributed by atoms with van der Waals surface area (Å²) in [5.74, 6) is -0.127. The van der Waals surface area contributed by atoms with E-state index < -0.39 is 4.92 Å². The molecule has 0 saturated carbocycles. The van der Waals surface area contributed by atoms with Gasteiger partial charge in [-0.25, -0.2) is 0 Å². The highest BCUT2D eigenvalue weighted by Gasteiger charge is 2.21. The maximum Gasteiger partial charge on any atom is 0.274 e. The number of carbonyl (C=O) groups excluding carboxylic acids is 1. The SMILES string of the molecule is Cc1ccc(NC(=O)[C@@H]2CCCCN2)cc1[N+](=O)[O-].Cl. The second-order valence-electron chi connectivity index (χ2n) is 4.75. The van der Waals surface area contributed by atoms with E-state index in [2.05, 4.69) is 10.6 Å². The van der Waals surface area contributed by atoms with E-state index in [-0.39, 0.29) is 30.0 Å². The van der Waals surface area contributed by atoms with Gasteiger partial charge in [0.15, 0.2) is 0 Å². The Morgan fingerprint density at radius 1 is 1.45 bits per heavy atom. The smallest absolute Gasteiger partial charge is 0.274 e. The summed E-state index contributed by atoms with van der Waals surface area (Å²) in [5.41, 5.74) is 1.07. The highest BCUT2D eigenvalue weighted by molar-refractivity contribution is 5.95. The molecule has 2 rings (SSSR count). The Bertz CT molecular complexity index is 502. The van der Waals surface area contributed by atoms with Gasteiger partial charge >= 0.3 is 0 Å². The number of amides is 1. The maximum atomic E-state index is 12.0. The number of nitrogens with one attached hydrogen (secondary N) is 2. The lowest BCUT2D eigenvalue weighted by atomic mass is 10.0. The summed E-state index contributed by atoms with van der Waals surface area (Å²) in [5, 5.41) is 16.7. The van der Waals surface area contributed by atoms with Crippen molar-refractivity contribution >= 4 is 29.7 Å². The molecule has 1 atom stereocenters. The van der Waals surface area contributed by atoms with Crippen LogP contribution < -0.4 is 10.6 Å². The van der Waals surface area contributed by atoms with Gasteiger partial charge in [-0.2, -0.15) is 0 Å². The highest BCUT2D eigenvalue weighted by Crippen LogP contribution is 2.22. The van der Waals surface area contributed by atoms with Crippen LogP contribution in [-0.4, -0.2) is 23.4 Å². The van der Waals surface area contributed by atoms with Crippen LogP contribution in [-0.2, 0) is 4.79 Å². The van der Waals surface area contributed by atoms with E-state index in [4.69, 9.17) is 0 Å². The molecule has 1 saturated heterocycles. The summed E-state index contributed by atoms with van der Waals surface area (Å²) in [7, 11) is 0. The molecule has 0 aliphatic carbocycles. The second kappa shape index (κ2) is 7.21. The second-order valence-corrected chi connectivity index (χ2v) is 4.75. The Kier molecular flexibility index (Phi) is 5.91. The first-order chi connectivity index (χ1) is 9.08. The molecule has 1 fully saturated rings. The van der Waals surface area contributed by atoms with Crippen LogP contribution in [0.5, 0.6) is 0 Å². The van der Waals surface area contributed by atoms with Crippen LogP contribution in [0, 0.1) is 17.0 Å². The minimum atomic E-state index is -0.441. The Balaban J connectivity index is 0.00000200. The van der Waals surface area contributed by atoms with Crippen molar-refractivity contribution in [3.05, 3.63) is 33.9 Å². The van der Waals surface area contributed by atoms with Gasteiger partial charge in [-0.3, -0.25) is 14.9 Å². The van der Waals surface area contributed by atoms with Crippen molar-refractivity contribution in [2.45, 2.75) is 32.2 Å². The van der Waals surface area contributed by atoms with Crippen molar-refractivity contribution in [2.75, 3.05) is 11.9 Å². The minimum Gasteiger partial charge on any atom is -0.324 e. The molecule has 0 aromatic heterocycles. The molecule has 1 aliphatic rings. The molecular formula is C13H18ClN3O3.